The molecule has 2 fully saturated rings. The van der Waals surface area contributed by atoms with E-state index in [1.807, 2.05) is 0 Å². The number of hydrogen-bond acceptors (Lipinski definition) is 3. The molecule has 1 aliphatic carbocycles. The highest BCUT2D eigenvalue weighted by molar-refractivity contribution is 7.80. The third kappa shape index (κ3) is 7.33. The zero-order valence-electron chi connectivity index (χ0n) is 13.2. The summed E-state index contributed by atoms with van der Waals surface area (Å²) < 4.78 is 0. The predicted molar refractivity (Wildman–Crippen MR) is 91.8 cm³/mol. The zero-order chi connectivity index (χ0) is 14.0. The molecule has 0 aromatic heterocycles. The van der Waals surface area contributed by atoms with Crippen LogP contribution in [0.1, 0.15) is 57.8 Å². The lowest BCUT2D eigenvalue weighted by atomic mass is 10.1. The van der Waals surface area contributed by atoms with Gasteiger partial charge in [-0.15, -0.1) is 0 Å². The van der Waals surface area contributed by atoms with Crippen LogP contribution in [-0.2, 0) is 0 Å². The molecule has 0 radical (unpaired) electrons. The van der Waals surface area contributed by atoms with Gasteiger partial charge in [0.05, 0.1) is 0 Å². The van der Waals surface area contributed by atoms with E-state index in [4.69, 9.17) is 0 Å². The van der Waals surface area contributed by atoms with Gasteiger partial charge in [-0.3, -0.25) is 0 Å². The van der Waals surface area contributed by atoms with Gasteiger partial charge in [0.25, 0.3) is 0 Å². The van der Waals surface area contributed by atoms with Gasteiger partial charge in [-0.25, -0.2) is 0 Å². The van der Waals surface area contributed by atoms with Crippen molar-refractivity contribution in [3.05, 3.63) is 0 Å². The van der Waals surface area contributed by atoms with Crippen LogP contribution < -0.4 is 0 Å². The lowest BCUT2D eigenvalue weighted by molar-refractivity contribution is 0.127. The highest BCUT2D eigenvalue weighted by atomic mass is 32.1. The number of rotatable bonds is 11. The first-order valence-electron chi connectivity index (χ1n) is 8.94. The van der Waals surface area contributed by atoms with Crippen molar-refractivity contribution in [3.63, 3.8) is 0 Å². The smallest absolute Gasteiger partial charge is 0.0110 e. The Kier molecular flexibility index (Phi) is 8.38. The summed E-state index contributed by atoms with van der Waals surface area (Å²) in [5, 5.41) is 0. The molecule has 1 saturated heterocycles. The normalized spacial score (nSPS) is 21.4. The molecule has 3 heteroatoms. The minimum Gasteiger partial charge on any atom is -0.301 e. The molecule has 0 spiro atoms. The summed E-state index contributed by atoms with van der Waals surface area (Å²) in [6, 6.07) is 0. The zero-order valence-corrected chi connectivity index (χ0v) is 14.1. The molecule has 20 heavy (non-hydrogen) atoms. The first-order valence-corrected chi connectivity index (χ1v) is 9.57. The van der Waals surface area contributed by atoms with Gasteiger partial charge in [0.2, 0.25) is 0 Å². The monoisotopic (exact) mass is 298 g/mol. The molecule has 2 nitrogen and oxygen atoms in total. The van der Waals surface area contributed by atoms with E-state index in [2.05, 4.69) is 22.4 Å². The molecule has 1 aliphatic heterocycles. The Morgan fingerprint density at radius 3 is 1.85 bits per heavy atom. The molecule has 0 N–H and O–H groups in total. The molecule has 0 aromatic rings. The first kappa shape index (κ1) is 16.6. The van der Waals surface area contributed by atoms with Crippen LogP contribution in [0.4, 0.5) is 0 Å². The Hall–Kier alpha value is 0.270. The van der Waals surface area contributed by atoms with Gasteiger partial charge in [-0.2, -0.15) is 12.6 Å². The third-order valence-electron chi connectivity index (χ3n) is 4.81. The largest absolute Gasteiger partial charge is 0.301 e. The third-order valence-corrected chi connectivity index (χ3v) is 5.13. The molecule has 0 bridgehead atoms. The van der Waals surface area contributed by atoms with Crippen molar-refractivity contribution in [1.82, 2.24) is 9.80 Å². The summed E-state index contributed by atoms with van der Waals surface area (Å²) in [5.41, 5.74) is 0. The van der Waals surface area contributed by atoms with E-state index in [9.17, 15) is 0 Å². The highest BCUT2D eigenvalue weighted by Crippen LogP contribution is 2.29. The number of piperazine rings is 1. The molecule has 0 unspecified atom stereocenters. The Bertz CT molecular complexity index is 235. The summed E-state index contributed by atoms with van der Waals surface area (Å²) in [5.74, 6) is 2.12. The highest BCUT2D eigenvalue weighted by Gasteiger charge is 2.26. The number of unbranched alkanes of at least 4 members (excludes halogenated alkanes) is 6. The second-order valence-corrected chi connectivity index (χ2v) is 7.23. The van der Waals surface area contributed by atoms with Crippen LogP contribution in [-0.4, -0.2) is 54.8 Å². The van der Waals surface area contributed by atoms with Crippen LogP contribution in [0.5, 0.6) is 0 Å². The van der Waals surface area contributed by atoms with Crippen LogP contribution in [0.3, 0.4) is 0 Å². The second-order valence-electron chi connectivity index (χ2n) is 6.78. The lowest BCUT2D eigenvalue weighted by Crippen LogP contribution is -2.47. The standard InChI is InChI=1S/C17H34N2S/c20-15-7-5-3-1-2-4-6-10-18-11-13-19(14-12-18)16-17-8-9-17/h17,20H,1-16H2. The van der Waals surface area contributed by atoms with E-state index in [0.29, 0.717) is 0 Å². The van der Waals surface area contributed by atoms with E-state index in [0.717, 1.165) is 11.7 Å². The molecule has 0 amide bonds. The van der Waals surface area contributed by atoms with Crippen LogP contribution >= 0.6 is 12.6 Å². The van der Waals surface area contributed by atoms with Crippen molar-refractivity contribution in [1.29, 1.82) is 0 Å². The fourth-order valence-corrected chi connectivity index (χ4v) is 3.42. The van der Waals surface area contributed by atoms with Gasteiger partial charge in [-0.05, 0) is 43.9 Å². The van der Waals surface area contributed by atoms with Crippen LogP contribution in [0.15, 0.2) is 0 Å². The van der Waals surface area contributed by atoms with E-state index >= 15 is 0 Å². The minimum absolute atomic E-state index is 1.06. The molecule has 2 rings (SSSR count). The van der Waals surface area contributed by atoms with E-state index in [1.54, 1.807) is 0 Å². The number of nitrogens with zero attached hydrogens (tertiary/aromatic N) is 2. The van der Waals surface area contributed by atoms with Crippen LogP contribution in [0, 0.1) is 5.92 Å². The maximum absolute atomic E-state index is 4.26. The topological polar surface area (TPSA) is 6.48 Å². The van der Waals surface area contributed by atoms with Crippen LogP contribution in [0.2, 0.25) is 0 Å². The van der Waals surface area contributed by atoms with E-state index < -0.39 is 0 Å². The van der Waals surface area contributed by atoms with Gasteiger partial charge >= 0.3 is 0 Å². The summed E-state index contributed by atoms with van der Waals surface area (Å²) >= 11 is 4.26. The molecule has 2 aliphatic rings. The Morgan fingerprint density at radius 1 is 0.700 bits per heavy atom. The van der Waals surface area contributed by atoms with Gasteiger partial charge in [0.15, 0.2) is 0 Å². The Labute approximate surface area is 131 Å². The average Bonchev–Trinajstić information content (AvgIpc) is 3.27. The molecule has 1 saturated carbocycles. The molecule has 0 atom stereocenters. The fourth-order valence-electron chi connectivity index (χ4n) is 3.19. The van der Waals surface area contributed by atoms with Crippen molar-refractivity contribution in [3.8, 4) is 0 Å². The quantitative estimate of drug-likeness (QED) is 0.459. The summed E-state index contributed by atoms with van der Waals surface area (Å²) in [4.78, 5) is 5.37. The number of thiol groups is 1. The van der Waals surface area contributed by atoms with Crippen molar-refractivity contribution < 1.29 is 0 Å². The van der Waals surface area contributed by atoms with Gasteiger partial charge in [0.1, 0.15) is 0 Å². The maximum Gasteiger partial charge on any atom is 0.0110 e. The van der Waals surface area contributed by atoms with Crippen molar-refractivity contribution in [2.75, 3.05) is 45.0 Å². The lowest BCUT2D eigenvalue weighted by Gasteiger charge is -2.34. The van der Waals surface area contributed by atoms with E-state index in [1.165, 1.54) is 97.1 Å². The molecular formula is C17H34N2S. The van der Waals surface area contributed by atoms with Crippen LogP contribution in [0.25, 0.3) is 0 Å². The first-order chi connectivity index (χ1) is 9.88. The summed E-state index contributed by atoms with van der Waals surface area (Å²) in [6.45, 7) is 8.00. The molecule has 118 valence electrons. The predicted octanol–water partition coefficient (Wildman–Crippen LogP) is 3.67. The summed E-state index contributed by atoms with van der Waals surface area (Å²) in [7, 11) is 0. The second kappa shape index (κ2) is 10.1. The average molecular weight is 299 g/mol. The van der Waals surface area contributed by atoms with Gasteiger partial charge < -0.3 is 9.80 Å². The van der Waals surface area contributed by atoms with Crippen molar-refractivity contribution >= 4 is 12.6 Å². The van der Waals surface area contributed by atoms with Gasteiger partial charge in [0, 0.05) is 32.7 Å². The number of hydrogen-bond donors (Lipinski definition) is 1. The summed E-state index contributed by atoms with van der Waals surface area (Å²) in [6.07, 6.45) is 12.8. The van der Waals surface area contributed by atoms with E-state index in [-0.39, 0.29) is 0 Å². The Balaban J connectivity index is 1.37. The molecule has 1 heterocycles. The van der Waals surface area contributed by atoms with Crippen molar-refractivity contribution in [2.24, 2.45) is 5.92 Å². The minimum atomic E-state index is 1.06. The van der Waals surface area contributed by atoms with Gasteiger partial charge in [-0.1, -0.05) is 32.1 Å². The molecular weight excluding hydrogens is 264 g/mol. The molecule has 0 aromatic carbocycles. The maximum atomic E-state index is 4.26. The fraction of sp³-hybridized carbons (Fsp3) is 1.00. The van der Waals surface area contributed by atoms with Crippen molar-refractivity contribution in [2.45, 2.75) is 57.8 Å². The Morgan fingerprint density at radius 2 is 1.25 bits per heavy atom. The SMILES string of the molecule is SCCCCCCCCCN1CCN(CC2CC2)CC1.